The third-order valence-corrected chi connectivity index (χ3v) is 7.60. The van der Waals surface area contributed by atoms with Crippen molar-refractivity contribution < 1.29 is 17.9 Å². The van der Waals surface area contributed by atoms with Gasteiger partial charge in [0, 0.05) is 13.1 Å². The monoisotopic (exact) mass is 485 g/mol. The molecule has 2 heterocycles. The van der Waals surface area contributed by atoms with E-state index in [4.69, 9.17) is 4.74 Å². The molecule has 2 aromatic carbocycles. The second-order valence-corrected chi connectivity index (χ2v) is 12.3. The number of sulfonamides is 1. The highest BCUT2D eigenvalue weighted by atomic mass is 32.2. The zero-order valence-corrected chi connectivity index (χ0v) is 21.3. The Kier molecular flexibility index (Phi) is 6.92. The molecule has 1 N–H and O–H groups in total. The minimum atomic E-state index is -3.58. The third-order valence-electron chi connectivity index (χ3n) is 6.45. The lowest BCUT2D eigenvalue weighted by Crippen LogP contribution is -2.50. The fourth-order valence-electron chi connectivity index (χ4n) is 4.51. The number of ether oxygens (including phenoxy) is 1. The number of benzene rings is 2. The Hall–Kier alpha value is -2.58. The Bertz CT molecular complexity index is 1150. The standard InChI is InChI=1S/C26H35N3O4S/c1-26(2,3)21-10-11-23-22(15-21)29(34(4,31)32)18-24(33-23)25(30)27-16-19-8-7-9-20(14-19)17-28-12-5-6-13-28/h7-11,14-15,24H,5-6,12-13,16-18H2,1-4H3,(H,27,30)/t24-/m1/s1. The van der Waals surface area contributed by atoms with Crippen LogP contribution in [0.5, 0.6) is 5.75 Å². The van der Waals surface area contributed by atoms with Crippen LogP contribution in [0.4, 0.5) is 5.69 Å². The molecule has 0 bridgehead atoms. The molecule has 0 saturated carbocycles. The van der Waals surface area contributed by atoms with Crippen LogP contribution in [-0.4, -0.2) is 51.2 Å². The molecule has 0 unspecified atom stereocenters. The van der Waals surface area contributed by atoms with Crippen LogP contribution < -0.4 is 14.4 Å². The Morgan fingerprint density at radius 3 is 2.47 bits per heavy atom. The molecule has 0 radical (unpaired) electrons. The minimum Gasteiger partial charge on any atom is -0.476 e. The average molecular weight is 486 g/mol. The average Bonchev–Trinajstić information content (AvgIpc) is 3.28. The van der Waals surface area contributed by atoms with E-state index in [0.717, 1.165) is 37.0 Å². The molecular weight excluding hydrogens is 450 g/mol. The third kappa shape index (κ3) is 5.73. The quantitative estimate of drug-likeness (QED) is 0.678. The first-order valence-corrected chi connectivity index (χ1v) is 13.7. The van der Waals surface area contributed by atoms with Crippen molar-refractivity contribution in [2.75, 3.05) is 30.2 Å². The molecular formula is C26H35N3O4S. The van der Waals surface area contributed by atoms with Crippen LogP contribution in [0.25, 0.3) is 0 Å². The van der Waals surface area contributed by atoms with E-state index in [1.54, 1.807) is 6.07 Å². The Balaban J connectivity index is 1.46. The van der Waals surface area contributed by atoms with Gasteiger partial charge in [-0.05, 0) is 60.2 Å². The summed E-state index contributed by atoms with van der Waals surface area (Å²) in [6.07, 6.45) is 2.74. The van der Waals surface area contributed by atoms with Crippen LogP contribution in [0.2, 0.25) is 0 Å². The molecule has 8 heteroatoms. The summed E-state index contributed by atoms with van der Waals surface area (Å²) in [7, 11) is -3.58. The molecule has 0 aliphatic carbocycles. The molecule has 2 aromatic rings. The van der Waals surface area contributed by atoms with Gasteiger partial charge in [-0.15, -0.1) is 0 Å². The largest absolute Gasteiger partial charge is 0.476 e. The van der Waals surface area contributed by atoms with Crippen LogP contribution in [0.1, 0.15) is 50.3 Å². The molecule has 7 nitrogen and oxygen atoms in total. The normalized spacial score (nSPS) is 18.9. The van der Waals surface area contributed by atoms with Crippen LogP contribution in [-0.2, 0) is 33.3 Å². The molecule has 4 rings (SSSR count). The second-order valence-electron chi connectivity index (χ2n) is 10.4. The molecule has 1 amide bonds. The first kappa shape index (κ1) is 24.5. The zero-order valence-electron chi connectivity index (χ0n) is 20.5. The van der Waals surface area contributed by atoms with Crippen molar-refractivity contribution in [2.24, 2.45) is 0 Å². The number of anilines is 1. The van der Waals surface area contributed by atoms with Crippen molar-refractivity contribution in [3.63, 3.8) is 0 Å². The lowest BCUT2D eigenvalue weighted by Gasteiger charge is -2.35. The predicted molar refractivity (Wildman–Crippen MR) is 135 cm³/mol. The van der Waals surface area contributed by atoms with Gasteiger partial charge in [-0.3, -0.25) is 14.0 Å². The predicted octanol–water partition coefficient (Wildman–Crippen LogP) is 3.42. The van der Waals surface area contributed by atoms with Gasteiger partial charge in [0.2, 0.25) is 10.0 Å². The van der Waals surface area contributed by atoms with Crippen LogP contribution in [0.3, 0.4) is 0 Å². The Morgan fingerprint density at radius 2 is 1.79 bits per heavy atom. The molecule has 2 aliphatic heterocycles. The van der Waals surface area contributed by atoms with Gasteiger partial charge in [-0.25, -0.2) is 8.42 Å². The number of nitrogens with zero attached hydrogens (tertiary/aromatic N) is 2. The van der Waals surface area contributed by atoms with E-state index in [-0.39, 0.29) is 17.9 Å². The number of rotatable bonds is 6. The summed E-state index contributed by atoms with van der Waals surface area (Å²) in [5, 5.41) is 2.93. The fraction of sp³-hybridized carbons (Fsp3) is 0.500. The van der Waals surface area contributed by atoms with Crippen LogP contribution >= 0.6 is 0 Å². The molecule has 0 spiro atoms. The number of amides is 1. The van der Waals surface area contributed by atoms with E-state index in [0.29, 0.717) is 18.0 Å². The Labute approximate surface area is 203 Å². The second kappa shape index (κ2) is 9.58. The van der Waals surface area contributed by atoms with Gasteiger partial charge in [0.15, 0.2) is 6.10 Å². The van der Waals surface area contributed by atoms with Gasteiger partial charge >= 0.3 is 0 Å². The number of carbonyl (C=O) groups excluding carboxylic acids is 1. The van der Waals surface area contributed by atoms with Crippen molar-refractivity contribution in [3.05, 3.63) is 59.2 Å². The van der Waals surface area contributed by atoms with E-state index in [1.165, 1.54) is 22.7 Å². The maximum atomic E-state index is 13.0. The summed E-state index contributed by atoms with van der Waals surface area (Å²) >= 11 is 0. The molecule has 1 saturated heterocycles. The highest BCUT2D eigenvalue weighted by molar-refractivity contribution is 7.92. The summed E-state index contributed by atoms with van der Waals surface area (Å²) in [5.41, 5.74) is 3.58. The topological polar surface area (TPSA) is 79.0 Å². The van der Waals surface area contributed by atoms with Crippen LogP contribution in [0.15, 0.2) is 42.5 Å². The first-order valence-electron chi connectivity index (χ1n) is 11.9. The maximum absolute atomic E-state index is 13.0. The molecule has 1 fully saturated rings. The van der Waals surface area contributed by atoms with Crippen molar-refractivity contribution in [1.82, 2.24) is 10.2 Å². The van der Waals surface area contributed by atoms with Crippen LogP contribution in [0, 0.1) is 0 Å². The highest BCUT2D eigenvalue weighted by Crippen LogP contribution is 2.38. The first-order chi connectivity index (χ1) is 16.0. The highest BCUT2D eigenvalue weighted by Gasteiger charge is 2.35. The number of hydrogen-bond donors (Lipinski definition) is 1. The number of hydrogen-bond acceptors (Lipinski definition) is 5. The van der Waals surface area contributed by atoms with Crippen molar-refractivity contribution >= 4 is 21.6 Å². The van der Waals surface area contributed by atoms with E-state index in [2.05, 4.69) is 43.1 Å². The number of likely N-dealkylation sites (tertiary alicyclic amines) is 1. The molecule has 0 aromatic heterocycles. The summed E-state index contributed by atoms with van der Waals surface area (Å²) < 4.78 is 32.4. The van der Waals surface area contributed by atoms with Crippen molar-refractivity contribution in [1.29, 1.82) is 0 Å². The van der Waals surface area contributed by atoms with Gasteiger partial charge in [0.1, 0.15) is 5.75 Å². The molecule has 2 aliphatic rings. The van der Waals surface area contributed by atoms with Crippen molar-refractivity contribution in [2.45, 2.75) is 58.2 Å². The fourth-order valence-corrected chi connectivity index (χ4v) is 5.41. The van der Waals surface area contributed by atoms with Crippen molar-refractivity contribution in [3.8, 4) is 5.75 Å². The number of nitrogens with one attached hydrogen (secondary N) is 1. The van der Waals surface area contributed by atoms with Gasteiger partial charge in [-0.2, -0.15) is 0 Å². The lowest BCUT2D eigenvalue weighted by molar-refractivity contribution is -0.127. The summed E-state index contributed by atoms with van der Waals surface area (Å²) in [4.78, 5) is 15.4. The summed E-state index contributed by atoms with van der Waals surface area (Å²) in [6, 6.07) is 13.8. The van der Waals surface area contributed by atoms with E-state index in [9.17, 15) is 13.2 Å². The van der Waals surface area contributed by atoms with E-state index in [1.807, 2.05) is 24.3 Å². The maximum Gasteiger partial charge on any atom is 0.263 e. The zero-order chi connectivity index (χ0) is 24.5. The minimum absolute atomic E-state index is 0.0553. The number of carbonyl (C=O) groups is 1. The summed E-state index contributed by atoms with van der Waals surface area (Å²) in [5.74, 6) is 0.0709. The smallest absolute Gasteiger partial charge is 0.263 e. The Morgan fingerprint density at radius 1 is 1.09 bits per heavy atom. The van der Waals surface area contributed by atoms with Gasteiger partial charge in [0.05, 0.1) is 18.5 Å². The number of fused-ring (bicyclic) bond motifs is 1. The van der Waals surface area contributed by atoms with Gasteiger partial charge in [0.25, 0.3) is 5.91 Å². The lowest BCUT2D eigenvalue weighted by atomic mass is 9.86. The SMILES string of the molecule is CC(C)(C)c1ccc2c(c1)N(S(C)(=O)=O)C[C@H](C(=O)NCc1cccc(CN3CCCC3)c1)O2. The summed E-state index contributed by atoms with van der Waals surface area (Å²) in [6.45, 7) is 9.70. The molecule has 34 heavy (non-hydrogen) atoms. The van der Waals surface area contributed by atoms with Gasteiger partial charge in [-0.1, -0.05) is 51.1 Å². The van der Waals surface area contributed by atoms with E-state index >= 15 is 0 Å². The molecule has 1 atom stereocenters. The van der Waals surface area contributed by atoms with E-state index < -0.39 is 16.1 Å². The van der Waals surface area contributed by atoms with Gasteiger partial charge < -0.3 is 10.1 Å². The molecule has 184 valence electrons.